The van der Waals surface area contributed by atoms with E-state index in [2.05, 4.69) is 12.2 Å². The van der Waals surface area contributed by atoms with Gasteiger partial charge in [0.1, 0.15) is 0 Å². The standard InChI is InChI=1S/C15H18OS/c1-4-7-13(5-2)17-14-10-8-12(9-11-14)15(16)6-3/h4-5,7-11H,6H2,1-3H3/b7-4-,13-5+. The Balaban J connectivity index is 2.78. The second-order valence-corrected chi connectivity index (χ2v) is 4.74. The topological polar surface area (TPSA) is 17.1 Å². The molecule has 17 heavy (non-hydrogen) atoms. The summed E-state index contributed by atoms with van der Waals surface area (Å²) in [4.78, 5) is 13.8. The molecule has 0 N–H and O–H groups in total. The zero-order valence-electron chi connectivity index (χ0n) is 10.6. The van der Waals surface area contributed by atoms with Gasteiger partial charge in [-0.1, -0.05) is 49.0 Å². The van der Waals surface area contributed by atoms with Crippen molar-refractivity contribution in [1.82, 2.24) is 0 Å². The van der Waals surface area contributed by atoms with Gasteiger partial charge in [0.2, 0.25) is 0 Å². The molecule has 2 heteroatoms. The number of rotatable bonds is 5. The first-order chi connectivity index (χ1) is 8.21. The van der Waals surface area contributed by atoms with Crippen LogP contribution in [0.1, 0.15) is 37.6 Å². The van der Waals surface area contributed by atoms with Crippen LogP contribution in [0.5, 0.6) is 0 Å². The summed E-state index contributed by atoms with van der Waals surface area (Å²) in [5.41, 5.74) is 0.796. The highest BCUT2D eigenvalue weighted by atomic mass is 32.2. The summed E-state index contributed by atoms with van der Waals surface area (Å²) in [5.74, 6) is 0.196. The van der Waals surface area contributed by atoms with E-state index in [1.807, 2.05) is 51.1 Å². The molecule has 0 aliphatic rings. The van der Waals surface area contributed by atoms with Crippen molar-refractivity contribution in [2.75, 3.05) is 0 Å². The second kappa shape index (κ2) is 7.13. The van der Waals surface area contributed by atoms with E-state index in [0.717, 1.165) is 10.5 Å². The number of carbonyl (C=O) groups excluding carboxylic acids is 1. The zero-order chi connectivity index (χ0) is 12.7. The molecule has 0 bridgehead atoms. The molecule has 0 saturated heterocycles. The van der Waals surface area contributed by atoms with E-state index in [-0.39, 0.29) is 5.78 Å². The molecular weight excluding hydrogens is 228 g/mol. The smallest absolute Gasteiger partial charge is 0.162 e. The van der Waals surface area contributed by atoms with Crippen molar-refractivity contribution >= 4 is 17.5 Å². The summed E-state index contributed by atoms with van der Waals surface area (Å²) in [6.45, 7) is 5.92. The lowest BCUT2D eigenvalue weighted by Gasteiger charge is -2.03. The van der Waals surface area contributed by atoms with Crippen molar-refractivity contribution in [3.05, 3.63) is 53.0 Å². The van der Waals surface area contributed by atoms with E-state index in [4.69, 9.17) is 0 Å². The van der Waals surface area contributed by atoms with Crippen LogP contribution in [0.3, 0.4) is 0 Å². The fourth-order valence-corrected chi connectivity index (χ4v) is 2.27. The van der Waals surface area contributed by atoms with Crippen LogP contribution in [-0.4, -0.2) is 5.78 Å². The first-order valence-electron chi connectivity index (χ1n) is 5.81. The molecule has 90 valence electrons. The molecule has 1 aromatic rings. The minimum Gasteiger partial charge on any atom is -0.294 e. The van der Waals surface area contributed by atoms with Gasteiger partial charge in [-0.15, -0.1) is 0 Å². The van der Waals surface area contributed by atoms with Crippen LogP contribution in [-0.2, 0) is 0 Å². The van der Waals surface area contributed by atoms with Crippen LogP contribution in [0.25, 0.3) is 0 Å². The number of carbonyl (C=O) groups is 1. The fraction of sp³-hybridized carbons (Fsp3) is 0.267. The third-order valence-electron chi connectivity index (χ3n) is 2.35. The molecule has 0 atom stereocenters. The summed E-state index contributed by atoms with van der Waals surface area (Å²) in [6, 6.07) is 7.80. The van der Waals surface area contributed by atoms with E-state index in [1.54, 1.807) is 11.8 Å². The van der Waals surface area contributed by atoms with Gasteiger partial charge < -0.3 is 0 Å². The molecule has 0 radical (unpaired) electrons. The highest BCUT2D eigenvalue weighted by molar-refractivity contribution is 8.03. The lowest BCUT2D eigenvalue weighted by molar-refractivity contribution is 0.0988. The van der Waals surface area contributed by atoms with Gasteiger partial charge in [-0.2, -0.15) is 0 Å². The van der Waals surface area contributed by atoms with E-state index in [9.17, 15) is 4.79 Å². The van der Waals surface area contributed by atoms with Gasteiger partial charge in [0.05, 0.1) is 0 Å². The Bertz CT molecular complexity index is 427. The summed E-state index contributed by atoms with van der Waals surface area (Å²) in [5, 5.41) is 0. The van der Waals surface area contributed by atoms with Gasteiger partial charge in [0, 0.05) is 21.8 Å². The van der Waals surface area contributed by atoms with E-state index < -0.39 is 0 Å². The van der Waals surface area contributed by atoms with Crippen LogP contribution in [0.15, 0.2) is 52.3 Å². The summed E-state index contributed by atoms with van der Waals surface area (Å²) in [6.07, 6.45) is 6.74. The number of hydrogen-bond donors (Lipinski definition) is 0. The number of hydrogen-bond acceptors (Lipinski definition) is 2. The molecule has 0 aliphatic heterocycles. The summed E-state index contributed by atoms with van der Waals surface area (Å²) in [7, 11) is 0. The van der Waals surface area contributed by atoms with Crippen molar-refractivity contribution in [2.24, 2.45) is 0 Å². The zero-order valence-corrected chi connectivity index (χ0v) is 11.4. The highest BCUT2D eigenvalue weighted by Gasteiger charge is 2.03. The minimum atomic E-state index is 0.196. The van der Waals surface area contributed by atoms with Gasteiger partial charge >= 0.3 is 0 Å². The Morgan fingerprint density at radius 3 is 2.35 bits per heavy atom. The Morgan fingerprint density at radius 1 is 1.24 bits per heavy atom. The van der Waals surface area contributed by atoms with Gasteiger partial charge in [-0.05, 0) is 26.0 Å². The van der Waals surface area contributed by atoms with Crippen molar-refractivity contribution in [3.63, 3.8) is 0 Å². The van der Waals surface area contributed by atoms with E-state index in [1.165, 1.54) is 4.91 Å². The lowest BCUT2D eigenvalue weighted by Crippen LogP contribution is -1.95. The van der Waals surface area contributed by atoms with Gasteiger partial charge in [-0.25, -0.2) is 0 Å². The molecule has 0 aliphatic carbocycles. The maximum absolute atomic E-state index is 11.5. The third kappa shape index (κ3) is 4.23. The monoisotopic (exact) mass is 246 g/mol. The molecule has 0 heterocycles. The van der Waals surface area contributed by atoms with Gasteiger partial charge in [0.25, 0.3) is 0 Å². The van der Waals surface area contributed by atoms with Crippen LogP contribution >= 0.6 is 11.8 Å². The number of ketones is 1. The summed E-state index contributed by atoms with van der Waals surface area (Å²) < 4.78 is 0. The van der Waals surface area contributed by atoms with E-state index >= 15 is 0 Å². The van der Waals surface area contributed by atoms with Crippen LogP contribution in [0.2, 0.25) is 0 Å². The number of Topliss-reactive ketones (excluding diaryl/α,β-unsaturated/α-hetero) is 1. The predicted molar refractivity (Wildman–Crippen MR) is 75.5 cm³/mol. The molecule has 0 spiro atoms. The predicted octanol–water partition coefficient (Wildman–Crippen LogP) is 4.85. The quantitative estimate of drug-likeness (QED) is 0.419. The Labute approximate surface area is 108 Å². The number of allylic oxidation sites excluding steroid dienone is 3. The molecule has 0 fully saturated rings. The molecule has 0 saturated carbocycles. The third-order valence-corrected chi connectivity index (χ3v) is 3.46. The number of thioether (sulfide) groups is 1. The van der Waals surface area contributed by atoms with Crippen molar-refractivity contribution in [3.8, 4) is 0 Å². The first kappa shape index (κ1) is 13.8. The Morgan fingerprint density at radius 2 is 1.88 bits per heavy atom. The first-order valence-corrected chi connectivity index (χ1v) is 6.63. The van der Waals surface area contributed by atoms with Crippen LogP contribution in [0, 0.1) is 0 Å². The maximum Gasteiger partial charge on any atom is 0.162 e. The highest BCUT2D eigenvalue weighted by Crippen LogP contribution is 2.27. The average molecular weight is 246 g/mol. The van der Waals surface area contributed by atoms with Gasteiger partial charge in [-0.3, -0.25) is 4.79 Å². The normalized spacial score (nSPS) is 12.1. The maximum atomic E-state index is 11.5. The number of benzene rings is 1. The Kier molecular flexibility index (Phi) is 5.78. The molecule has 0 unspecified atom stereocenters. The molecule has 0 amide bonds. The molecule has 1 rings (SSSR count). The van der Waals surface area contributed by atoms with Crippen molar-refractivity contribution in [1.29, 1.82) is 0 Å². The largest absolute Gasteiger partial charge is 0.294 e. The fourth-order valence-electron chi connectivity index (χ4n) is 1.40. The lowest BCUT2D eigenvalue weighted by atomic mass is 10.1. The molecule has 0 aromatic heterocycles. The minimum absolute atomic E-state index is 0.196. The molecule has 1 aromatic carbocycles. The van der Waals surface area contributed by atoms with Crippen molar-refractivity contribution < 1.29 is 4.79 Å². The summed E-state index contributed by atoms with van der Waals surface area (Å²) >= 11 is 1.70. The van der Waals surface area contributed by atoms with Crippen LogP contribution in [0.4, 0.5) is 0 Å². The molecule has 1 nitrogen and oxygen atoms in total. The molecular formula is C15H18OS. The second-order valence-electron chi connectivity index (χ2n) is 3.59. The van der Waals surface area contributed by atoms with Gasteiger partial charge in [0.15, 0.2) is 5.78 Å². The average Bonchev–Trinajstić information content (AvgIpc) is 2.38. The van der Waals surface area contributed by atoms with E-state index in [0.29, 0.717) is 6.42 Å². The Hall–Kier alpha value is -1.28. The van der Waals surface area contributed by atoms with Crippen LogP contribution < -0.4 is 0 Å². The SMILES string of the molecule is C/C=C\C(=C/C)Sc1ccc(C(=O)CC)cc1. The van der Waals surface area contributed by atoms with Crippen molar-refractivity contribution in [2.45, 2.75) is 32.1 Å².